The van der Waals surface area contributed by atoms with Crippen LogP contribution < -0.4 is 9.47 Å². The molecule has 0 aromatic heterocycles. The van der Waals surface area contributed by atoms with Crippen LogP contribution in [0.3, 0.4) is 0 Å². The number of carbonyl (C=O) groups excluding carboxylic acids is 4. The van der Waals surface area contributed by atoms with Crippen molar-refractivity contribution in [3.63, 3.8) is 0 Å². The van der Waals surface area contributed by atoms with Crippen LogP contribution in [0.4, 0.5) is 0 Å². The standard InChI is InChI=1S/C57H52O16/c1-3-33-63-47-45-44(35-65-55(72-45)40-27-17-8-18-28-40)68-57(49(47)70-53(60)38-23-13-6-14-24-38)73-46-43(34-64-51(58)36-19-9-4-10-20-36)67-56(66-42-31-29-41(62-2)30-32-42)50(71-54(61)39-25-15-7-16-26-39)48(46)69-52(59)37-21-11-5-12-22-37/h3-32,43-50,55-57H,1,33-35H2,2H3/t43-,44-,45+,46-,47+,48+,49-,50-,55-,56-,57-/m1/s1. The molecule has 0 N–H and O–H groups in total. The summed E-state index contributed by atoms with van der Waals surface area (Å²) < 4.78 is 76.6. The van der Waals surface area contributed by atoms with E-state index in [9.17, 15) is 19.2 Å². The van der Waals surface area contributed by atoms with Gasteiger partial charge < -0.3 is 56.8 Å². The highest BCUT2D eigenvalue weighted by Crippen LogP contribution is 2.40. The molecule has 3 heterocycles. The number of esters is 4. The van der Waals surface area contributed by atoms with Crippen molar-refractivity contribution >= 4 is 23.9 Å². The SMILES string of the molecule is C=CCO[C@H]1[C@H]2O[C@H](c3ccccc3)OC[C@H]2O[C@H](O[C@H]2[C@H](OC(=O)c3ccccc3)[C@@H](OC(=O)c3ccccc3)[C@H](Oc3ccc(OC)cc3)O[C@@H]2COC(=O)c2ccccc2)[C@@H]1OC(=O)c1ccccc1. The first-order valence-electron chi connectivity index (χ1n) is 23.6. The Kier molecular flexibility index (Phi) is 16.6. The summed E-state index contributed by atoms with van der Waals surface area (Å²) in [6.07, 6.45) is -13.2. The normalized spacial score (nSPS) is 25.4. The van der Waals surface area contributed by atoms with Crippen molar-refractivity contribution in [1.82, 2.24) is 0 Å². The minimum Gasteiger partial charge on any atom is -0.497 e. The molecule has 0 aliphatic carbocycles. The summed E-state index contributed by atoms with van der Waals surface area (Å²) in [6.45, 7) is 3.24. The molecular formula is C57H52O16. The van der Waals surface area contributed by atoms with E-state index in [1.165, 1.54) is 13.2 Å². The van der Waals surface area contributed by atoms with Crippen LogP contribution in [0.15, 0.2) is 189 Å². The second kappa shape index (κ2) is 24.1. The number of methoxy groups -OCH3 is 1. The molecule has 16 heteroatoms. The first-order chi connectivity index (χ1) is 35.8. The number of benzene rings is 6. The maximum absolute atomic E-state index is 14.5. The van der Waals surface area contributed by atoms with Crippen LogP contribution in [-0.4, -0.2) is 112 Å². The molecule has 0 bridgehead atoms. The van der Waals surface area contributed by atoms with Crippen molar-refractivity contribution in [2.45, 2.75) is 67.7 Å². The van der Waals surface area contributed by atoms with Crippen LogP contribution in [0.2, 0.25) is 0 Å². The molecule has 3 saturated heterocycles. The fourth-order valence-corrected chi connectivity index (χ4v) is 8.52. The smallest absolute Gasteiger partial charge is 0.338 e. The molecule has 9 rings (SSSR count). The Labute approximate surface area is 421 Å². The number of ether oxygens (including phenoxy) is 12. The summed E-state index contributed by atoms with van der Waals surface area (Å²) in [5.74, 6) is -2.41. The highest BCUT2D eigenvalue weighted by atomic mass is 16.8. The summed E-state index contributed by atoms with van der Waals surface area (Å²) in [4.78, 5) is 56.6. The number of fused-ring (bicyclic) bond motifs is 1. The molecule has 6 aromatic carbocycles. The zero-order chi connectivity index (χ0) is 50.5. The lowest BCUT2D eigenvalue weighted by Gasteiger charge is -2.50. The third-order valence-electron chi connectivity index (χ3n) is 12.1. The Morgan fingerprint density at radius 2 is 1.01 bits per heavy atom. The van der Waals surface area contributed by atoms with Crippen molar-refractivity contribution in [2.75, 3.05) is 26.9 Å². The minimum absolute atomic E-state index is 0.0238. The van der Waals surface area contributed by atoms with Gasteiger partial charge in [0.25, 0.3) is 0 Å². The Balaban J connectivity index is 1.15. The summed E-state index contributed by atoms with van der Waals surface area (Å²) in [7, 11) is 1.51. The van der Waals surface area contributed by atoms with Gasteiger partial charge in [-0.3, -0.25) is 0 Å². The lowest BCUT2D eigenvalue weighted by Crippen LogP contribution is -2.68. The van der Waals surface area contributed by atoms with Crippen LogP contribution >= 0.6 is 0 Å². The van der Waals surface area contributed by atoms with Crippen molar-refractivity contribution < 1.29 is 76.0 Å². The van der Waals surface area contributed by atoms with Gasteiger partial charge in [0.1, 0.15) is 48.6 Å². The molecule has 16 nitrogen and oxygen atoms in total. The topological polar surface area (TPSA) is 179 Å². The number of hydrogen-bond acceptors (Lipinski definition) is 16. The van der Waals surface area contributed by atoms with Crippen LogP contribution in [0, 0.1) is 0 Å². The second-order valence-corrected chi connectivity index (χ2v) is 16.9. The van der Waals surface area contributed by atoms with E-state index in [4.69, 9.17) is 56.8 Å². The zero-order valence-electron chi connectivity index (χ0n) is 39.5. The maximum Gasteiger partial charge on any atom is 0.338 e. The lowest BCUT2D eigenvalue weighted by molar-refractivity contribution is -0.384. The molecule has 376 valence electrons. The molecule has 0 amide bonds. The van der Waals surface area contributed by atoms with Gasteiger partial charge in [0.2, 0.25) is 12.4 Å². The molecular weight excluding hydrogens is 941 g/mol. The third-order valence-corrected chi connectivity index (χ3v) is 12.1. The van der Waals surface area contributed by atoms with E-state index in [0.717, 1.165) is 5.56 Å². The Hall–Kier alpha value is -7.70. The number of carbonyl (C=O) groups is 4. The number of rotatable bonds is 18. The molecule has 3 aliphatic rings. The third kappa shape index (κ3) is 12.3. The fourth-order valence-electron chi connectivity index (χ4n) is 8.52. The van der Waals surface area contributed by atoms with Gasteiger partial charge in [0.15, 0.2) is 24.8 Å². The minimum atomic E-state index is -1.65. The molecule has 0 saturated carbocycles. The van der Waals surface area contributed by atoms with Gasteiger partial charge in [-0.25, -0.2) is 19.2 Å². The van der Waals surface area contributed by atoms with Crippen molar-refractivity contribution in [3.05, 3.63) is 216 Å². The monoisotopic (exact) mass is 992 g/mol. The van der Waals surface area contributed by atoms with E-state index in [1.54, 1.807) is 146 Å². The Morgan fingerprint density at radius 3 is 1.53 bits per heavy atom. The van der Waals surface area contributed by atoms with Gasteiger partial charge in [-0.05, 0) is 72.8 Å². The van der Waals surface area contributed by atoms with Crippen LogP contribution in [0.25, 0.3) is 0 Å². The molecule has 11 atom stereocenters. The average Bonchev–Trinajstić information content (AvgIpc) is 3.44. The van der Waals surface area contributed by atoms with Gasteiger partial charge in [-0.15, -0.1) is 6.58 Å². The van der Waals surface area contributed by atoms with Crippen LogP contribution in [0.1, 0.15) is 53.3 Å². The number of hydrogen-bond donors (Lipinski definition) is 0. The Bertz CT molecular complexity index is 2750. The molecule has 0 spiro atoms. The molecule has 3 fully saturated rings. The van der Waals surface area contributed by atoms with Gasteiger partial charge >= 0.3 is 23.9 Å². The van der Waals surface area contributed by atoms with E-state index in [0.29, 0.717) is 5.75 Å². The van der Waals surface area contributed by atoms with Crippen molar-refractivity contribution in [2.24, 2.45) is 0 Å². The zero-order valence-corrected chi connectivity index (χ0v) is 39.5. The van der Waals surface area contributed by atoms with E-state index in [-0.39, 0.29) is 41.2 Å². The molecule has 0 unspecified atom stereocenters. The van der Waals surface area contributed by atoms with E-state index in [1.807, 2.05) is 30.3 Å². The van der Waals surface area contributed by atoms with Crippen molar-refractivity contribution in [1.29, 1.82) is 0 Å². The lowest BCUT2D eigenvalue weighted by atomic mass is 9.95. The summed E-state index contributed by atoms with van der Waals surface area (Å²) in [5, 5.41) is 0. The predicted octanol–water partition coefficient (Wildman–Crippen LogP) is 8.13. The Morgan fingerprint density at radius 1 is 0.534 bits per heavy atom. The summed E-state index contributed by atoms with van der Waals surface area (Å²) in [6, 6.07) is 48.6. The molecule has 73 heavy (non-hydrogen) atoms. The van der Waals surface area contributed by atoms with Crippen molar-refractivity contribution in [3.8, 4) is 11.5 Å². The summed E-state index contributed by atoms with van der Waals surface area (Å²) in [5.41, 5.74) is 1.44. The first kappa shape index (κ1) is 50.2. The van der Waals surface area contributed by atoms with Gasteiger partial charge in [0, 0.05) is 5.56 Å². The largest absolute Gasteiger partial charge is 0.497 e. The predicted molar refractivity (Wildman–Crippen MR) is 259 cm³/mol. The van der Waals surface area contributed by atoms with Crippen LogP contribution in [-0.2, 0) is 47.4 Å². The van der Waals surface area contributed by atoms with Crippen LogP contribution in [0.5, 0.6) is 11.5 Å². The highest BCUT2D eigenvalue weighted by molar-refractivity contribution is 5.91. The first-order valence-corrected chi connectivity index (χ1v) is 23.6. The quantitative estimate of drug-likeness (QED) is 0.0457. The fraction of sp³-hybridized carbons (Fsp3) is 0.263. The van der Waals surface area contributed by atoms with Gasteiger partial charge in [0.05, 0.1) is 42.6 Å². The van der Waals surface area contributed by atoms with Gasteiger partial charge in [-0.1, -0.05) is 109 Å². The van der Waals surface area contributed by atoms with Gasteiger partial charge in [-0.2, -0.15) is 0 Å². The second-order valence-electron chi connectivity index (χ2n) is 16.9. The molecule has 3 aliphatic heterocycles. The molecule has 0 radical (unpaired) electrons. The summed E-state index contributed by atoms with van der Waals surface area (Å²) >= 11 is 0. The highest BCUT2D eigenvalue weighted by Gasteiger charge is 2.58. The van der Waals surface area contributed by atoms with E-state index in [2.05, 4.69) is 6.58 Å². The average molecular weight is 993 g/mol. The van der Waals surface area contributed by atoms with E-state index >= 15 is 0 Å². The molecule has 6 aromatic rings. The van der Waals surface area contributed by atoms with E-state index < -0.39 is 98.2 Å². The maximum atomic E-state index is 14.5.